The average Bonchev–Trinajstić information content (AvgIpc) is 2.09. The quantitative estimate of drug-likeness (QED) is 0.668. The summed E-state index contributed by atoms with van der Waals surface area (Å²) in [4.78, 5) is 2.38. The molecule has 13 heavy (non-hydrogen) atoms. The second kappa shape index (κ2) is 4.97. The molecular formula is C11H23NO. The lowest BCUT2D eigenvalue weighted by Gasteiger charge is -2.35. The molecule has 0 aromatic heterocycles. The Kier molecular flexibility index (Phi) is 4.20. The normalized spacial score (nSPS) is 35.3. The molecule has 78 valence electrons. The van der Waals surface area contributed by atoms with Gasteiger partial charge in [-0.2, -0.15) is 0 Å². The number of ether oxygens (including phenoxy) is 1. The predicted molar refractivity (Wildman–Crippen MR) is 55.9 cm³/mol. The molecule has 0 amide bonds. The van der Waals surface area contributed by atoms with Crippen molar-refractivity contribution < 1.29 is 4.74 Å². The van der Waals surface area contributed by atoms with Crippen LogP contribution in [0.1, 0.15) is 33.6 Å². The fraction of sp³-hybridized carbons (Fsp3) is 1.00. The molecule has 2 nitrogen and oxygen atoms in total. The molecule has 0 spiro atoms. The van der Waals surface area contributed by atoms with Crippen molar-refractivity contribution in [1.82, 2.24) is 4.90 Å². The van der Waals surface area contributed by atoms with Gasteiger partial charge in [0.25, 0.3) is 0 Å². The lowest BCUT2D eigenvalue weighted by Crippen LogP contribution is -2.38. The Hall–Kier alpha value is -0.0800. The van der Waals surface area contributed by atoms with Gasteiger partial charge >= 0.3 is 0 Å². The van der Waals surface area contributed by atoms with Crippen LogP contribution in [0.4, 0.5) is 0 Å². The molecule has 0 N–H and O–H groups in total. The van der Waals surface area contributed by atoms with Crippen LogP contribution >= 0.6 is 0 Å². The largest absolute Gasteiger partial charge is 0.375 e. The van der Waals surface area contributed by atoms with Crippen LogP contribution in [0.3, 0.4) is 0 Å². The van der Waals surface area contributed by atoms with Crippen molar-refractivity contribution >= 4 is 0 Å². The highest BCUT2D eigenvalue weighted by Crippen LogP contribution is 2.25. The van der Waals surface area contributed by atoms with Crippen molar-refractivity contribution in [2.75, 3.05) is 20.1 Å². The van der Waals surface area contributed by atoms with Crippen LogP contribution in [0.25, 0.3) is 0 Å². The Labute approximate surface area is 82.3 Å². The maximum absolute atomic E-state index is 5.82. The Balaban J connectivity index is 2.33. The van der Waals surface area contributed by atoms with Gasteiger partial charge in [-0.1, -0.05) is 6.92 Å². The van der Waals surface area contributed by atoms with E-state index in [1.165, 1.54) is 19.4 Å². The van der Waals surface area contributed by atoms with Gasteiger partial charge in [-0.3, -0.25) is 0 Å². The highest BCUT2D eigenvalue weighted by atomic mass is 16.5. The minimum atomic E-state index is 0.442. The lowest BCUT2D eigenvalue weighted by atomic mass is 9.92. The minimum absolute atomic E-state index is 0.442. The van der Waals surface area contributed by atoms with Gasteiger partial charge in [-0.15, -0.1) is 0 Å². The number of hydrogen-bond donors (Lipinski definition) is 0. The van der Waals surface area contributed by atoms with Crippen LogP contribution in [0.15, 0.2) is 0 Å². The van der Waals surface area contributed by atoms with Crippen molar-refractivity contribution in [3.8, 4) is 0 Å². The van der Waals surface area contributed by atoms with Crippen LogP contribution in [-0.4, -0.2) is 37.2 Å². The highest BCUT2D eigenvalue weighted by molar-refractivity contribution is 4.76. The van der Waals surface area contributed by atoms with Crippen LogP contribution in [0, 0.1) is 5.92 Å². The van der Waals surface area contributed by atoms with E-state index in [2.05, 4.69) is 32.7 Å². The third kappa shape index (κ3) is 3.28. The third-order valence-corrected chi connectivity index (χ3v) is 3.14. The molecule has 2 heteroatoms. The Morgan fingerprint density at radius 3 is 2.54 bits per heavy atom. The maximum atomic E-state index is 5.82. The summed E-state index contributed by atoms with van der Waals surface area (Å²) in [6.07, 6.45) is 3.47. The molecule has 1 heterocycles. The molecular weight excluding hydrogens is 162 g/mol. The zero-order chi connectivity index (χ0) is 9.84. The molecule has 1 aliphatic heterocycles. The first-order valence-electron chi connectivity index (χ1n) is 5.47. The van der Waals surface area contributed by atoms with Crippen molar-refractivity contribution in [2.45, 2.75) is 45.8 Å². The van der Waals surface area contributed by atoms with Crippen molar-refractivity contribution in [1.29, 1.82) is 0 Å². The van der Waals surface area contributed by atoms with Gasteiger partial charge in [0.15, 0.2) is 0 Å². The van der Waals surface area contributed by atoms with Gasteiger partial charge < -0.3 is 9.64 Å². The van der Waals surface area contributed by atoms with Gasteiger partial charge in [0.2, 0.25) is 0 Å². The first-order valence-corrected chi connectivity index (χ1v) is 5.47. The summed E-state index contributed by atoms with van der Waals surface area (Å²) < 4.78 is 5.82. The van der Waals surface area contributed by atoms with Gasteiger partial charge in [0.05, 0.1) is 12.2 Å². The molecule has 0 aromatic carbocycles. The molecule has 0 radical (unpaired) electrons. The van der Waals surface area contributed by atoms with Gasteiger partial charge in [0, 0.05) is 6.54 Å². The molecule has 1 fully saturated rings. The number of rotatable bonds is 3. The smallest absolute Gasteiger partial charge is 0.0591 e. The van der Waals surface area contributed by atoms with E-state index in [-0.39, 0.29) is 0 Å². The molecule has 0 bridgehead atoms. The van der Waals surface area contributed by atoms with Gasteiger partial charge in [-0.05, 0) is 46.2 Å². The Morgan fingerprint density at radius 2 is 2.00 bits per heavy atom. The topological polar surface area (TPSA) is 12.5 Å². The van der Waals surface area contributed by atoms with Gasteiger partial charge in [-0.25, -0.2) is 0 Å². The van der Waals surface area contributed by atoms with Crippen molar-refractivity contribution in [2.24, 2.45) is 5.92 Å². The third-order valence-electron chi connectivity index (χ3n) is 3.14. The van der Waals surface area contributed by atoms with Crippen LogP contribution in [-0.2, 0) is 4.74 Å². The summed E-state index contributed by atoms with van der Waals surface area (Å²) in [5.74, 6) is 0.737. The van der Waals surface area contributed by atoms with E-state index in [1.54, 1.807) is 0 Å². The minimum Gasteiger partial charge on any atom is -0.375 e. The van der Waals surface area contributed by atoms with E-state index in [1.807, 2.05) is 0 Å². The van der Waals surface area contributed by atoms with Crippen LogP contribution in [0.5, 0.6) is 0 Å². The van der Waals surface area contributed by atoms with Crippen LogP contribution in [0.2, 0.25) is 0 Å². The fourth-order valence-corrected chi connectivity index (χ4v) is 2.00. The average molecular weight is 185 g/mol. The molecule has 0 saturated carbocycles. The first-order chi connectivity index (χ1) is 6.13. The molecule has 1 rings (SSSR count). The predicted octanol–water partition coefficient (Wildman–Crippen LogP) is 2.14. The zero-order valence-electron chi connectivity index (χ0n) is 9.42. The Bertz CT molecular complexity index is 149. The zero-order valence-corrected chi connectivity index (χ0v) is 9.42. The lowest BCUT2D eigenvalue weighted by molar-refractivity contribution is -0.0702. The molecule has 0 aromatic rings. The van der Waals surface area contributed by atoms with Gasteiger partial charge in [0.1, 0.15) is 0 Å². The van der Waals surface area contributed by atoms with Crippen molar-refractivity contribution in [3.05, 3.63) is 0 Å². The standard InChI is InChI=1S/C11H23NO/c1-5-12(4)8-11-7-6-9(2)13-10(11)3/h9-11H,5-8H2,1-4H3/t9-,10+,11?/m0/s1. The summed E-state index contributed by atoms with van der Waals surface area (Å²) in [5, 5.41) is 0. The highest BCUT2D eigenvalue weighted by Gasteiger charge is 2.26. The monoisotopic (exact) mass is 185 g/mol. The molecule has 0 aliphatic carbocycles. The molecule has 3 atom stereocenters. The maximum Gasteiger partial charge on any atom is 0.0591 e. The summed E-state index contributed by atoms with van der Waals surface area (Å²) in [7, 11) is 2.19. The Morgan fingerprint density at radius 1 is 1.31 bits per heavy atom. The van der Waals surface area contributed by atoms with E-state index in [4.69, 9.17) is 4.74 Å². The number of nitrogens with zero attached hydrogens (tertiary/aromatic N) is 1. The second-order valence-corrected chi connectivity index (χ2v) is 4.34. The van der Waals surface area contributed by atoms with E-state index in [0.29, 0.717) is 12.2 Å². The van der Waals surface area contributed by atoms with E-state index in [9.17, 15) is 0 Å². The molecule has 1 saturated heterocycles. The summed E-state index contributed by atoms with van der Waals surface area (Å²) in [6.45, 7) is 8.92. The number of hydrogen-bond acceptors (Lipinski definition) is 2. The first kappa shape index (κ1) is 11.0. The second-order valence-electron chi connectivity index (χ2n) is 4.34. The SMILES string of the molecule is CCN(C)CC1CC[C@H](C)O[C@@H]1C. The summed E-state index contributed by atoms with van der Waals surface area (Å²) in [6, 6.07) is 0. The fourth-order valence-electron chi connectivity index (χ4n) is 2.00. The summed E-state index contributed by atoms with van der Waals surface area (Å²) in [5.41, 5.74) is 0. The molecule has 1 aliphatic rings. The van der Waals surface area contributed by atoms with E-state index in [0.717, 1.165) is 12.5 Å². The van der Waals surface area contributed by atoms with E-state index >= 15 is 0 Å². The summed E-state index contributed by atoms with van der Waals surface area (Å²) >= 11 is 0. The molecule has 1 unspecified atom stereocenters. The van der Waals surface area contributed by atoms with Crippen molar-refractivity contribution in [3.63, 3.8) is 0 Å². The van der Waals surface area contributed by atoms with E-state index < -0.39 is 0 Å². The van der Waals surface area contributed by atoms with Crippen LogP contribution < -0.4 is 0 Å².